The summed E-state index contributed by atoms with van der Waals surface area (Å²) in [5.41, 5.74) is -0.0447. The zero-order valence-corrected chi connectivity index (χ0v) is 7.89. The topological polar surface area (TPSA) is 23.8 Å². The van der Waals surface area contributed by atoms with Crippen molar-refractivity contribution in [3.05, 3.63) is 0 Å². The molecule has 0 saturated carbocycles. The van der Waals surface area contributed by atoms with Crippen LogP contribution in [0.2, 0.25) is 9.44 Å². The van der Waals surface area contributed by atoms with E-state index in [-0.39, 0.29) is 26.3 Å². The zero-order valence-electron chi connectivity index (χ0n) is 5.56. The van der Waals surface area contributed by atoms with Gasteiger partial charge in [0.15, 0.2) is 0 Å². The Morgan fingerprint density at radius 1 is 1.62 bits per heavy atom. The molecule has 0 heterocycles. The van der Waals surface area contributed by atoms with Crippen LogP contribution in [0.25, 0.3) is 0 Å². The van der Waals surface area contributed by atoms with Crippen LogP contribution in [0.4, 0.5) is 0 Å². The normalized spacial score (nSPS) is 10.8. The summed E-state index contributed by atoms with van der Waals surface area (Å²) in [5.74, 6) is 0. The molecule has 0 radical (unpaired) electrons. The molecular weight excluding hydrogens is 214 g/mol. The summed E-state index contributed by atoms with van der Waals surface area (Å²) >= 11 is 0.142. The molecule has 0 aromatic heterocycles. The first-order chi connectivity index (χ1) is 3.62. The van der Waals surface area contributed by atoms with Crippen molar-refractivity contribution in [2.45, 2.75) is 23.3 Å². The van der Waals surface area contributed by atoms with E-state index in [1.54, 1.807) is 0 Å². The van der Waals surface area contributed by atoms with Gasteiger partial charge in [-0.1, -0.05) is 0 Å². The van der Waals surface area contributed by atoms with Crippen LogP contribution in [-0.4, -0.2) is 20.9 Å². The molecule has 2 heteroatoms. The van der Waals surface area contributed by atoms with E-state index < -0.39 is 0 Å². The van der Waals surface area contributed by atoms with Crippen LogP contribution in [0.5, 0.6) is 0 Å². The molecule has 0 fully saturated rings. The summed E-state index contributed by atoms with van der Waals surface area (Å²) in [7, 11) is 0. The first-order valence-corrected chi connectivity index (χ1v) is 6.50. The van der Waals surface area contributed by atoms with Crippen molar-refractivity contribution < 1.29 is 0 Å². The molecule has 0 aliphatic heterocycles. The molecule has 0 rings (SSSR count). The van der Waals surface area contributed by atoms with E-state index in [9.17, 15) is 0 Å². The standard InChI is InChI=1S/C6H11NTe/c1-6(2,4-7)5-8-3/h5H2,1-3H3. The van der Waals surface area contributed by atoms with Gasteiger partial charge in [0.1, 0.15) is 0 Å². The van der Waals surface area contributed by atoms with Crippen LogP contribution >= 0.6 is 0 Å². The summed E-state index contributed by atoms with van der Waals surface area (Å²) in [4.78, 5) is 2.23. The molecule has 0 aliphatic carbocycles. The van der Waals surface area contributed by atoms with E-state index in [4.69, 9.17) is 5.26 Å². The fraction of sp³-hybridized carbons (Fsp3) is 0.833. The maximum atomic E-state index is 8.50. The van der Waals surface area contributed by atoms with E-state index in [0.717, 1.165) is 4.47 Å². The second-order valence-electron chi connectivity index (χ2n) is 2.43. The summed E-state index contributed by atoms with van der Waals surface area (Å²) < 4.78 is 1.13. The van der Waals surface area contributed by atoms with Gasteiger partial charge in [-0.3, -0.25) is 0 Å². The number of nitrogens with zero attached hydrogens (tertiary/aromatic N) is 1. The Balaban J connectivity index is 3.59. The maximum absolute atomic E-state index is 8.50. The van der Waals surface area contributed by atoms with Crippen molar-refractivity contribution in [1.29, 1.82) is 5.26 Å². The van der Waals surface area contributed by atoms with Gasteiger partial charge in [0.05, 0.1) is 0 Å². The van der Waals surface area contributed by atoms with Gasteiger partial charge in [-0.15, -0.1) is 0 Å². The van der Waals surface area contributed by atoms with Gasteiger partial charge >= 0.3 is 61.0 Å². The Hall–Kier alpha value is 0.280. The molecule has 0 saturated heterocycles. The van der Waals surface area contributed by atoms with Crippen molar-refractivity contribution in [2.24, 2.45) is 5.41 Å². The summed E-state index contributed by atoms with van der Waals surface area (Å²) in [6, 6.07) is 2.27. The molecule has 0 aliphatic rings. The minimum absolute atomic E-state index is 0.0447. The second kappa shape index (κ2) is 3.33. The van der Waals surface area contributed by atoms with Gasteiger partial charge in [0.25, 0.3) is 0 Å². The van der Waals surface area contributed by atoms with Gasteiger partial charge in [0.2, 0.25) is 0 Å². The molecule has 0 aromatic rings. The molecule has 0 amide bonds. The van der Waals surface area contributed by atoms with E-state index in [0.29, 0.717) is 0 Å². The third-order valence-corrected chi connectivity index (χ3v) is 3.69. The Bertz CT molecular complexity index is 102. The predicted molar refractivity (Wildman–Crippen MR) is 35.8 cm³/mol. The molecule has 0 N–H and O–H groups in total. The SMILES string of the molecule is C[Te]CC(C)(C)C#N. The molecule has 0 unspecified atom stereocenters. The van der Waals surface area contributed by atoms with Gasteiger partial charge in [-0.2, -0.15) is 0 Å². The van der Waals surface area contributed by atoms with Crippen molar-refractivity contribution in [3.63, 3.8) is 0 Å². The predicted octanol–water partition coefficient (Wildman–Crippen LogP) is 1.71. The van der Waals surface area contributed by atoms with Gasteiger partial charge in [0, 0.05) is 0 Å². The Kier molecular flexibility index (Phi) is 3.45. The molecule has 0 bridgehead atoms. The van der Waals surface area contributed by atoms with Crippen LogP contribution < -0.4 is 0 Å². The zero-order chi connectivity index (χ0) is 6.62. The Morgan fingerprint density at radius 3 is 2.25 bits per heavy atom. The van der Waals surface area contributed by atoms with Gasteiger partial charge in [-0.25, -0.2) is 0 Å². The van der Waals surface area contributed by atoms with Crippen molar-refractivity contribution in [3.8, 4) is 6.07 Å². The minimum atomic E-state index is -0.0447. The molecule has 0 atom stereocenters. The fourth-order valence-electron chi connectivity index (χ4n) is 0.393. The number of hydrogen-bond donors (Lipinski definition) is 0. The van der Waals surface area contributed by atoms with Crippen molar-refractivity contribution in [2.75, 3.05) is 0 Å². The Morgan fingerprint density at radius 2 is 2.12 bits per heavy atom. The first kappa shape index (κ1) is 8.28. The van der Waals surface area contributed by atoms with Crippen LogP contribution in [0.15, 0.2) is 0 Å². The Labute approximate surface area is 61.2 Å². The summed E-state index contributed by atoms with van der Waals surface area (Å²) in [5, 5.41) is 8.50. The summed E-state index contributed by atoms with van der Waals surface area (Å²) in [6.45, 7) is 4.00. The average Bonchev–Trinajstić information content (AvgIpc) is 1.67. The first-order valence-electron chi connectivity index (χ1n) is 2.52. The molecule has 0 spiro atoms. The molecular formula is C6H11NTe. The van der Waals surface area contributed by atoms with Crippen LogP contribution in [0.1, 0.15) is 13.8 Å². The van der Waals surface area contributed by atoms with E-state index in [1.807, 2.05) is 13.8 Å². The third kappa shape index (κ3) is 3.30. The molecule has 8 heavy (non-hydrogen) atoms. The van der Waals surface area contributed by atoms with E-state index in [2.05, 4.69) is 11.0 Å². The fourth-order valence-corrected chi connectivity index (χ4v) is 2.64. The van der Waals surface area contributed by atoms with E-state index in [1.165, 1.54) is 0 Å². The monoisotopic (exact) mass is 227 g/mol. The van der Waals surface area contributed by atoms with Crippen molar-refractivity contribution >= 4 is 20.9 Å². The molecule has 46 valence electrons. The van der Waals surface area contributed by atoms with Crippen LogP contribution in [0.3, 0.4) is 0 Å². The molecule has 1 nitrogen and oxygen atoms in total. The molecule has 0 aromatic carbocycles. The van der Waals surface area contributed by atoms with Crippen LogP contribution in [-0.2, 0) is 0 Å². The van der Waals surface area contributed by atoms with Gasteiger partial charge < -0.3 is 0 Å². The summed E-state index contributed by atoms with van der Waals surface area (Å²) in [6.07, 6.45) is 0. The number of rotatable bonds is 2. The average molecular weight is 225 g/mol. The number of nitriles is 1. The van der Waals surface area contributed by atoms with E-state index >= 15 is 0 Å². The second-order valence-corrected chi connectivity index (χ2v) is 4.90. The number of hydrogen-bond acceptors (Lipinski definition) is 1. The van der Waals surface area contributed by atoms with Gasteiger partial charge in [-0.05, 0) is 0 Å². The van der Waals surface area contributed by atoms with Crippen LogP contribution in [0, 0.1) is 16.7 Å². The quantitative estimate of drug-likeness (QED) is 0.656. The van der Waals surface area contributed by atoms with Crippen molar-refractivity contribution in [1.82, 2.24) is 0 Å². The third-order valence-electron chi connectivity index (χ3n) is 0.808.